The Hall–Kier alpha value is -3.05. The monoisotopic (exact) mass is 339 g/mol. The third-order valence-corrected chi connectivity index (χ3v) is 4.01. The number of nitrogens with two attached hydrogens (primary N) is 2. The fraction of sp³-hybridized carbons (Fsp3) is 0. The number of nitrogen functional groups attached to an aromatic ring is 1. The van der Waals surface area contributed by atoms with Gasteiger partial charge in [0.15, 0.2) is 0 Å². The lowest BCUT2D eigenvalue weighted by atomic mass is 9.96. The van der Waals surface area contributed by atoms with Crippen molar-refractivity contribution in [3.63, 3.8) is 0 Å². The highest BCUT2D eigenvalue weighted by Gasteiger charge is 2.26. The number of amides is 1. The Morgan fingerprint density at radius 2 is 1.58 bits per heavy atom. The molecule has 0 spiro atoms. The van der Waals surface area contributed by atoms with Crippen LogP contribution in [0.15, 0.2) is 54.6 Å². The number of halogens is 1. The van der Waals surface area contributed by atoms with Gasteiger partial charge >= 0.3 is 0 Å². The van der Waals surface area contributed by atoms with Gasteiger partial charge in [0.25, 0.3) is 5.91 Å². The Balaban J connectivity index is 2.28. The third kappa shape index (κ3) is 2.66. The molecule has 0 aliphatic carbocycles. The van der Waals surface area contributed by atoms with E-state index in [0.717, 1.165) is 0 Å². The van der Waals surface area contributed by atoms with Crippen LogP contribution in [0.3, 0.4) is 0 Å². The van der Waals surface area contributed by atoms with Gasteiger partial charge in [0.05, 0.1) is 11.3 Å². The van der Waals surface area contributed by atoms with E-state index in [0.29, 0.717) is 21.7 Å². The standard InChI is InChI=1S/C18H14ClN3O2/c19-12-9-5-4-8-11(12)13-14(18(21)24)17(20)22-15(13)16(23)10-6-2-1-3-7-10/h1-9,22H,20H2,(H2,21,24). The number of rotatable bonds is 4. The normalized spacial score (nSPS) is 10.5. The molecule has 3 rings (SSSR count). The lowest BCUT2D eigenvalue weighted by molar-refractivity contribution is 0.100. The van der Waals surface area contributed by atoms with Crippen molar-refractivity contribution in [1.82, 2.24) is 4.98 Å². The Morgan fingerprint density at radius 1 is 0.958 bits per heavy atom. The Kier molecular flexibility index (Phi) is 4.10. The van der Waals surface area contributed by atoms with Gasteiger partial charge in [-0.25, -0.2) is 0 Å². The summed E-state index contributed by atoms with van der Waals surface area (Å²) in [6, 6.07) is 15.6. The molecule has 24 heavy (non-hydrogen) atoms. The molecule has 3 aromatic rings. The number of carbonyl (C=O) groups is 2. The molecule has 0 aliphatic heterocycles. The van der Waals surface area contributed by atoms with Crippen LogP contribution in [-0.4, -0.2) is 16.7 Å². The van der Waals surface area contributed by atoms with Crippen LogP contribution in [0, 0.1) is 0 Å². The molecule has 1 heterocycles. The highest BCUT2D eigenvalue weighted by atomic mass is 35.5. The molecule has 0 saturated heterocycles. The van der Waals surface area contributed by atoms with Crippen molar-refractivity contribution in [3.05, 3.63) is 76.4 Å². The van der Waals surface area contributed by atoms with Crippen molar-refractivity contribution in [2.24, 2.45) is 5.73 Å². The van der Waals surface area contributed by atoms with E-state index < -0.39 is 5.91 Å². The van der Waals surface area contributed by atoms with Gasteiger partial charge in [-0.3, -0.25) is 9.59 Å². The van der Waals surface area contributed by atoms with E-state index in [-0.39, 0.29) is 22.9 Å². The summed E-state index contributed by atoms with van der Waals surface area (Å²) in [6.07, 6.45) is 0. The first kappa shape index (κ1) is 15.8. The van der Waals surface area contributed by atoms with E-state index in [2.05, 4.69) is 4.98 Å². The minimum atomic E-state index is -0.731. The van der Waals surface area contributed by atoms with Crippen molar-refractivity contribution in [1.29, 1.82) is 0 Å². The zero-order valence-corrected chi connectivity index (χ0v) is 13.3. The summed E-state index contributed by atoms with van der Waals surface area (Å²) in [5.41, 5.74) is 12.9. The van der Waals surface area contributed by atoms with Crippen molar-refractivity contribution < 1.29 is 9.59 Å². The number of carbonyl (C=O) groups excluding carboxylic acids is 2. The van der Waals surface area contributed by atoms with Crippen LogP contribution < -0.4 is 11.5 Å². The molecule has 0 atom stereocenters. The molecule has 0 fully saturated rings. The predicted molar refractivity (Wildman–Crippen MR) is 94.0 cm³/mol. The minimum absolute atomic E-state index is 0.0386. The highest BCUT2D eigenvalue weighted by Crippen LogP contribution is 2.36. The van der Waals surface area contributed by atoms with Gasteiger partial charge in [-0.15, -0.1) is 0 Å². The first-order valence-corrected chi connectivity index (χ1v) is 7.54. The lowest BCUT2D eigenvalue weighted by Gasteiger charge is -2.08. The van der Waals surface area contributed by atoms with Gasteiger partial charge < -0.3 is 16.5 Å². The second kappa shape index (κ2) is 6.22. The van der Waals surface area contributed by atoms with E-state index in [1.165, 1.54) is 0 Å². The third-order valence-electron chi connectivity index (χ3n) is 3.68. The minimum Gasteiger partial charge on any atom is -0.385 e. The zero-order valence-electron chi connectivity index (χ0n) is 12.5. The van der Waals surface area contributed by atoms with E-state index in [4.69, 9.17) is 23.1 Å². The molecule has 0 aliphatic rings. The molecule has 120 valence electrons. The molecule has 1 amide bonds. The Bertz CT molecular complexity index is 933. The molecule has 0 saturated carbocycles. The first-order valence-electron chi connectivity index (χ1n) is 7.16. The van der Waals surface area contributed by atoms with Crippen LogP contribution in [-0.2, 0) is 0 Å². The Labute approximate surface area is 143 Å². The summed E-state index contributed by atoms with van der Waals surface area (Å²) in [5.74, 6) is -0.993. The number of aromatic amines is 1. The SMILES string of the molecule is NC(=O)c1c(N)[nH]c(C(=O)c2ccccc2)c1-c1ccccc1Cl. The van der Waals surface area contributed by atoms with E-state index in [1.807, 2.05) is 6.07 Å². The van der Waals surface area contributed by atoms with Gasteiger partial charge in [0.1, 0.15) is 5.82 Å². The quantitative estimate of drug-likeness (QED) is 0.636. The van der Waals surface area contributed by atoms with Gasteiger partial charge in [-0.1, -0.05) is 60.1 Å². The van der Waals surface area contributed by atoms with E-state index >= 15 is 0 Å². The number of ketones is 1. The average molecular weight is 340 g/mol. The number of anilines is 1. The molecule has 0 unspecified atom stereocenters. The summed E-state index contributed by atoms with van der Waals surface area (Å²) >= 11 is 6.25. The summed E-state index contributed by atoms with van der Waals surface area (Å²) in [5, 5.41) is 0.390. The van der Waals surface area contributed by atoms with Gasteiger partial charge in [-0.05, 0) is 6.07 Å². The molecule has 0 radical (unpaired) electrons. The second-order valence-corrected chi connectivity index (χ2v) is 5.61. The molecule has 0 bridgehead atoms. The maximum absolute atomic E-state index is 12.9. The van der Waals surface area contributed by atoms with Gasteiger partial charge in [-0.2, -0.15) is 0 Å². The number of H-pyrrole nitrogens is 1. The number of hydrogen-bond donors (Lipinski definition) is 3. The van der Waals surface area contributed by atoms with Crippen LogP contribution in [0.5, 0.6) is 0 Å². The largest absolute Gasteiger partial charge is 0.385 e. The van der Waals surface area contributed by atoms with Crippen LogP contribution in [0.4, 0.5) is 5.82 Å². The molecule has 5 nitrogen and oxygen atoms in total. The lowest BCUT2D eigenvalue weighted by Crippen LogP contribution is -2.13. The number of aromatic nitrogens is 1. The van der Waals surface area contributed by atoms with E-state index in [1.54, 1.807) is 48.5 Å². The van der Waals surface area contributed by atoms with E-state index in [9.17, 15) is 9.59 Å². The fourth-order valence-electron chi connectivity index (χ4n) is 2.61. The maximum atomic E-state index is 12.9. The van der Waals surface area contributed by atoms with Crippen LogP contribution >= 0.6 is 11.6 Å². The number of benzene rings is 2. The molecule has 6 heteroatoms. The first-order chi connectivity index (χ1) is 11.5. The number of hydrogen-bond acceptors (Lipinski definition) is 3. The smallest absolute Gasteiger partial charge is 0.253 e. The number of primary amides is 1. The summed E-state index contributed by atoms with van der Waals surface area (Å²) in [6.45, 7) is 0. The van der Waals surface area contributed by atoms with Crippen molar-refractivity contribution in [3.8, 4) is 11.1 Å². The fourth-order valence-corrected chi connectivity index (χ4v) is 2.84. The maximum Gasteiger partial charge on any atom is 0.253 e. The van der Waals surface area contributed by atoms with Crippen molar-refractivity contribution in [2.45, 2.75) is 0 Å². The van der Waals surface area contributed by atoms with Gasteiger partial charge in [0.2, 0.25) is 5.78 Å². The van der Waals surface area contributed by atoms with Crippen LogP contribution in [0.25, 0.3) is 11.1 Å². The molecular formula is C18H14ClN3O2. The summed E-state index contributed by atoms with van der Waals surface area (Å²) in [7, 11) is 0. The van der Waals surface area contributed by atoms with Gasteiger partial charge in [0, 0.05) is 21.7 Å². The van der Waals surface area contributed by atoms with Crippen molar-refractivity contribution in [2.75, 3.05) is 5.73 Å². The molecule has 1 aromatic heterocycles. The van der Waals surface area contributed by atoms with Crippen molar-refractivity contribution >= 4 is 29.1 Å². The summed E-state index contributed by atoms with van der Waals surface area (Å²) in [4.78, 5) is 27.5. The highest BCUT2D eigenvalue weighted by molar-refractivity contribution is 6.34. The second-order valence-electron chi connectivity index (χ2n) is 5.20. The van der Waals surface area contributed by atoms with Crippen LogP contribution in [0.2, 0.25) is 5.02 Å². The Morgan fingerprint density at radius 3 is 2.21 bits per heavy atom. The summed E-state index contributed by atoms with van der Waals surface area (Å²) < 4.78 is 0. The zero-order chi connectivity index (χ0) is 17.3. The van der Waals surface area contributed by atoms with Crippen LogP contribution in [0.1, 0.15) is 26.4 Å². The average Bonchev–Trinajstić information content (AvgIpc) is 2.92. The molecule has 5 N–H and O–H groups in total. The topological polar surface area (TPSA) is 102 Å². The predicted octanol–water partition coefficient (Wildman–Crippen LogP) is 3.25. The molecular weight excluding hydrogens is 326 g/mol. The molecule has 2 aromatic carbocycles. The number of nitrogens with one attached hydrogen (secondary N) is 1.